The summed E-state index contributed by atoms with van der Waals surface area (Å²) in [5, 5.41) is 7.89. The van der Waals surface area contributed by atoms with Gasteiger partial charge in [0.05, 0.1) is 0 Å². The predicted octanol–water partition coefficient (Wildman–Crippen LogP) is 2.38. The molecule has 0 radical (unpaired) electrons. The summed E-state index contributed by atoms with van der Waals surface area (Å²) in [6.45, 7) is 2.55. The molecule has 0 saturated carbocycles. The highest BCUT2D eigenvalue weighted by atomic mass is 16.2. The average Bonchev–Trinajstić information content (AvgIpc) is 2.52. The summed E-state index contributed by atoms with van der Waals surface area (Å²) in [6, 6.07) is 7.40. The van der Waals surface area contributed by atoms with Gasteiger partial charge in [-0.15, -0.1) is 0 Å². The molecule has 3 amide bonds. The molecule has 0 aliphatic carbocycles. The first-order valence-electron chi connectivity index (χ1n) is 7.89. The van der Waals surface area contributed by atoms with Gasteiger partial charge in [-0.05, 0) is 37.5 Å². The van der Waals surface area contributed by atoms with Gasteiger partial charge in [0, 0.05) is 25.7 Å². The molecule has 23 heavy (non-hydrogen) atoms. The molecule has 0 heterocycles. The Kier molecular flexibility index (Phi) is 8.42. The first-order valence-corrected chi connectivity index (χ1v) is 7.89. The van der Waals surface area contributed by atoms with Crippen molar-refractivity contribution >= 4 is 23.4 Å². The van der Waals surface area contributed by atoms with E-state index in [2.05, 4.69) is 16.0 Å². The molecule has 1 aromatic rings. The van der Waals surface area contributed by atoms with E-state index >= 15 is 0 Å². The fourth-order valence-electron chi connectivity index (χ4n) is 2.12. The summed E-state index contributed by atoms with van der Waals surface area (Å²) in [7, 11) is 1.45. The van der Waals surface area contributed by atoms with E-state index in [1.807, 2.05) is 31.2 Å². The second kappa shape index (κ2) is 10.4. The van der Waals surface area contributed by atoms with E-state index in [0.29, 0.717) is 13.0 Å². The number of carbonyl (C=O) groups excluding carboxylic acids is 3. The van der Waals surface area contributed by atoms with Crippen molar-refractivity contribution in [2.75, 3.05) is 18.9 Å². The molecule has 0 atom stereocenters. The van der Waals surface area contributed by atoms with E-state index in [0.717, 1.165) is 30.5 Å². The van der Waals surface area contributed by atoms with Gasteiger partial charge < -0.3 is 16.0 Å². The van der Waals surface area contributed by atoms with Gasteiger partial charge in [0.1, 0.15) is 0 Å². The summed E-state index contributed by atoms with van der Waals surface area (Å²) in [6.07, 6.45) is 3.59. The number of unbranched alkanes of at least 4 members (excludes halogenated alkanes) is 3. The van der Waals surface area contributed by atoms with E-state index in [4.69, 9.17) is 0 Å². The van der Waals surface area contributed by atoms with Crippen molar-refractivity contribution in [1.82, 2.24) is 10.6 Å². The Morgan fingerprint density at radius 1 is 1.04 bits per heavy atom. The first-order chi connectivity index (χ1) is 11.0. The molecule has 1 rings (SSSR count). The summed E-state index contributed by atoms with van der Waals surface area (Å²) in [4.78, 5) is 34.0. The molecule has 0 aromatic heterocycles. The number of carbonyl (C=O) groups is 3. The number of rotatable bonds is 9. The average molecular weight is 319 g/mol. The van der Waals surface area contributed by atoms with Crippen LogP contribution in [-0.2, 0) is 9.59 Å². The lowest BCUT2D eigenvalue weighted by Gasteiger charge is -2.08. The summed E-state index contributed by atoms with van der Waals surface area (Å²) in [5.74, 6) is -0.900. The number of Topliss-reactive ketones (excluding diaryl/α,β-unsaturated/α-hetero) is 1. The zero-order valence-electron chi connectivity index (χ0n) is 13.8. The molecule has 3 N–H and O–H groups in total. The molecular formula is C17H25N3O3. The minimum Gasteiger partial charge on any atom is -0.353 e. The van der Waals surface area contributed by atoms with E-state index < -0.39 is 5.91 Å². The molecule has 0 fully saturated rings. The third kappa shape index (κ3) is 7.99. The van der Waals surface area contributed by atoms with Gasteiger partial charge in [-0.1, -0.05) is 25.0 Å². The Balaban J connectivity index is 2.05. The standard InChI is InChI=1S/C17H25N3O3/c1-13-8-7-9-14(12-13)20-17(23)19-11-6-4-3-5-10-15(21)16(22)18-2/h7-9,12H,3-6,10-11H2,1-2H3,(H,18,22)(H2,19,20,23). The van der Waals surface area contributed by atoms with Gasteiger partial charge in [0.2, 0.25) is 5.78 Å². The Hall–Kier alpha value is -2.37. The zero-order valence-corrected chi connectivity index (χ0v) is 13.8. The lowest BCUT2D eigenvalue weighted by molar-refractivity contribution is -0.137. The lowest BCUT2D eigenvalue weighted by atomic mass is 10.1. The SMILES string of the molecule is CNC(=O)C(=O)CCCCCCNC(=O)Nc1cccc(C)c1. The number of aryl methyl sites for hydroxylation is 1. The van der Waals surface area contributed by atoms with Crippen LogP contribution in [0, 0.1) is 6.92 Å². The molecular weight excluding hydrogens is 294 g/mol. The maximum absolute atomic E-state index is 11.7. The van der Waals surface area contributed by atoms with Crippen LogP contribution in [0.1, 0.15) is 37.7 Å². The summed E-state index contributed by atoms with van der Waals surface area (Å²) >= 11 is 0. The topological polar surface area (TPSA) is 87.3 Å². The number of urea groups is 1. The maximum Gasteiger partial charge on any atom is 0.319 e. The number of nitrogens with one attached hydrogen (secondary N) is 3. The fourth-order valence-corrected chi connectivity index (χ4v) is 2.12. The first kappa shape index (κ1) is 18.7. The third-order valence-corrected chi connectivity index (χ3v) is 3.37. The van der Waals surface area contributed by atoms with Crippen LogP contribution >= 0.6 is 0 Å². The molecule has 0 bridgehead atoms. The van der Waals surface area contributed by atoms with Crippen LogP contribution in [0.4, 0.5) is 10.5 Å². The quantitative estimate of drug-likeness (QED) is 0.482. The normalized spacial score (nSPS) is 10.0. The summed E-state index contributed by atoms with van der Waals surface area (Å²) < 4.78 is 0. The second-order valence-corrected chi connectivity index (χ2v) is 5.42. The van der Waals surface area contributed by atoms with Gasteiger partial charge in [0.15, 0.2) is 0 Å². The van der Waals surface area contributed by atoms with Crippen LogP contribution < -0.4 is 16.0 Å². The van der Waals surface area contributed by atoms with Crippen molar-refractivity contribution in [3.8, 4) is 0 Å². The lowest BCUT2D eigenvalue weighted by Crippen LogP contribution is -2.29. The number of anilines is 1. The van der Waals surface area contributed by atoms with Crippen molar-refractivity contribution in [2.24, 2.45) is 0 Å². The Bertz CT molecular complexity index is 544. The Labute approximate surface area is 137 Å². The van der Waals surface area contributed by atoms with Crippen molar-refractivity contribution < 1.29 is 14.4 Å². The molecule has 0 aliphatic rings. The Morgan fingerprint density at radius 3 is 2.48 bits per heavy atom. The minimum absolute atomic E-state index is 0.217. The van der Waals surface area contributed by atoms with Crippen LogP contribution in [0.15, 0.2) is 24.3 Å². The Morgan fingerprint density at radius 2 is 1.78 bits per heavy atom. The molecule has 6 nitrogen and oxygen atoms in total. The van der Waals surface area contributed by atoms with Crippen LogP contribution in [-0.4, -0.2) is 31.3 Å². The van der Waals surface area contributed by atoms with Crippen molar-refractivity contribution in [3.05, 3.63) is 29.8 Å². The number of amides is 3. The highest BCUT2D eigenvalue weighted by Gasteiger charge is 2.09. The van der Waals surface area contributed by atoms with Gasteiger partial charge >= 0.3 is 6.03 Å². The van der Waals surface area contributed by atoms with E-state index in [-0.39, 0.29) is 18.2 Å². The van der Waals surface area contributed by atoms with Gasteiger partial charge in [-0.25, -0.2) is 4.79 Å². The minimum atomic E-state index is -0.528. The van der Waals surface area contributed by atoms with Crippen molar-refractivity contribution in [2.45, 2.75) is 39.0 Å². The molecule has 126 valence electrons. The maximum atomic E-state index is 11.7. The highest BCUT2D eigenvalue weighted by molar-refractivity contribution is 6.36. The van der Waals surface area contributed by atoms with Gasteiger partial charge in [-0.3, -0.25) is 9.59 Å². The fraction of sp³-hybridized carbons (Fsp3) is 0.471. The molecule has 1 aromatic carbocycles. The molecule has 0 spiro atoms. The molecule has 0 saturated heterocycles. The predicted molar refractivity (Wildman–Crippen MR) is 90.4 cm³/mol. The zero-order chi connectivity index (χ0) is 17.1. The van der Waals surface area contributed by atoms with Gasteiger partial charge in [-0.2, -0.15) is 0 Å². The second-order valence-electron chi connectivity index (χ2n) is 5.42. The van der Waals surface area contributed by atoms with Gasteiger partial charge in [0.25, 0.3) is 5.91 Å². The van der Waals surface area contributed by atoms with E-state index in [1.165, 1.54) is 7.05 Å². The highest BCUT2D eigenvalue weighted by Crippen LogP contribution is 2.09. The number of likely N-dealkylation sites (N-methyl/N-ethyl adjacent to an activating group) is 1. The largest absolute Gasteiger partial charge is 0.353 e. The summed E-state index contributed by atoms with van der Waals surface area (Å²) in [5.41, 5.74) is 1.87. The van der Waals surface area contributed by atoms with Crippen LogP contribution in [0.2, 0.25) is 0 Å². The molecule has 0 aliphatic heterocycles. The monoisotopic (exact) mass is 319 g/mol. The number of benzene rings is 1. The van der Waals surface area contributed by atoms with E-state index in [9.17, 15) is 14.4 Å². The van der Waals surface area contributed by atoms with Crippen LogP contribution in [0.25, 0.3) is 0 Å². The van der Waals surface area contributed by atoms with Crippen molar-refractivity contribution in [3.63, 3.8) is 0 Å². The molecule has 0 unspecified atom stereocenters. The van der Waals surface area contributed by atoms with Crippen molar-refractivity contribution in [1.29, 1.82) is 0 Å². The van der Waals surface area contributed by atoms with E-state index in [1.54, 1.807) is 0 Å². The number of hydrogen-bond donors (Lipinski definition) is 3. The van der Waals surface area contributed by atoms with Crippen LogP contribution in [0.5, 0.6) is 0 Å². The third-order valence-electron chi connectivity index (χ3n) is 3.37. The van der Waals surface area contributed by atoms with Crippen LogP contribution in [0.3, 0.4) is 0 Å². The smallest absolute Gasteiger partial charge is 0.319 e. The number of ketones is 1. The molecule has 6 heteroatoms. The number of hydrogen-bond acceptors (Lipinski definition) is 3.